The van der Waals surface area contributed by atoms with Gasteiger partial charge in [-0.25, -0.2) is 14.6 Å². The Bertz CT molecular complexity index is 890. The summed E-state index contributed by atoms with van der Waals surface area (Å²) in [5.74, 6) is -0.111. The van der Waals surface area contributed by atoms with E-state index in [2.05, 4.69) is 20.3 Å². The van der Waals surface area contributed by atoms with Gasteiger partial charge in [0, 0.05) is 13.6 Å². The summed E-state index contributed by atoms with van der Waals surface area (Å²) in [5.41, 5.74) is -2.01. The number of fused-ring (bicyclic) bond motifs is 1. The number of rotatable bonds is 4. The summed E-state index contributed by atoms with van der Waals surface area (Å²) in [4.78, 5) is 43.5. The first-order valence-corrected chi connectivity index (χ1v) is 7.51. The van der Waals surface area contributed by atoms with Crippen LogP contribution in [0.5, 0.6) is 0 Å². The predicted molar refractivity (Wildman–Crippen MR) is 87.2 cm³/mol. The largest absolute Gasteiger partial charge is 0.444 e. The molecule has 2 atom stereocenters. The van der Waals surface area contributed by atoms with Gasteiger partial charge in [-0.1, -0.05) is 0 Å². The van der Waals surface area contributed by atoms with Crippen molar-refractivity contribution in [3.05, 3.63) is 26.7 Å². The highest BCUT2D eigenvalue weighted by Crippen LogP contribution is 2.16. The Morgan fingerprint density at radius 1 is 1.32 bits per heavy atom. The standard InChI is InChI=1S/C14H21N5O6/c1-14(2,3)25-13(24)15-5-6(20)8(21)9-16-7-10(17-9)19(4)12(23)18-11(7)22/h6,8,20-21H,5H2,1-4H3,(H,15,24)(H,16,17)(H,18,22,23). The highest BCUT2D eigenvalue weighted by atomic mass is 16.6. The molecule has 2 unspecified atom stereocenters. The number of aryl methyl sites for hydroxylation is 1. The highest BCUT2D eigenvalue weighted by molar-refractivity contribution is 5.69. The van der Waals surface area contributed by atoms with Gasteiger partial charge in [-0.2, -0.15) is 0 Å². The van der Waals surface area contributed by atoms with Crippen molar-refractivity contribution in [3.63, 3.8) is 0 Å². The first kappa shape index (κ1) is 18.7. The van der Waals surface area contributed by atoms with Gasteiger partial charge >= 0.3 is 11.8 Å². The quantitative estimate of drug-likeness (QED) is 0.463. The number of carbonyl (C=O) groups excluding carboxylic acids is 1. The molecular weight excluding hydrogens is 334 g/mol. The molecule has 0 aliphatic heterocycles. The van der Waals surface area contributed by atoms with Gasteiger partial charge in [0.05, 0.1) is 0 Å². The first-order chi connectivity index (χ1) is 11.5. The number of hydrogen-bond acceptors (Lipinski definition) is 7. The zero-order valence-electron chi connectivity index (χ0n) is 14.3. The van der Waals surface area contributed by atoms with Gasteiger partial charge in [0.2, 0.25) is 0 Å². The van der Waals surface area contributed by atoms with Crippen molar-refractivity contribution >= 4 is 17.3 Å². The van der Waals surface area contributed by atoms with Crippen LogP contribution >= 0.6 is 0 Å². The van der Waals surface area contributed by atoms with Gasteiger partial charge in [-0.15, -0.1) is 0 Å². The zero-order valence-corrected chi connectivity index (χ0v) is 14.3. The molecule has 11 heteroatoms. The lowest BCUT2D eigenvalue weighted by Crippen LogP contribution is -2.39. The van der Waals surface area contributed by atoms with Crippen molar-refractivity contribution in [1.82, 2.24) is 24.8 Å². The molecule has 0 aliphatic carbocycles. The van der Waals surface area contributed by atoms with E-state index in [4.69, 9.17) is 4.74 Å². The number of ether oxygens (including phenoxy) is 1. The van der Waals surface area contributed by atoms with Gasteiger partial charge < -0.3 is 25.3 Å². The normalized spacial score (nSPS) is 14.3. The summed E-state index contributed by atoms with van der Waals surface area (Å²) in [5, 5.41) is 22.5. The minimum absolute atomic E-state index is 0.0107. The summed E-state index contributed by atoms with van der Waals surface area (Å²) in [6.07, 6.45) is -3.68. The number of alkyl carbamates (subject to hydrolysis) is 1. The number of hydrogen-bond donors (Lipinski definition) is 5. The second-order valence-electron chi connectivity index (χ2n) is 6.53. The maximum atomic E-state index is 11.7. The second kappa shape index (κ2) is 6.69. The molecule has 0 spiro atoms. The molecule has 2 aromatic rings. The van der Waals surface area contributed by atoms with E-state index in [0.717, 1.165) is 4.57 Å². The third kappa shape index (κ3) is 4.25. The SMILES string of the molecule is Cn1c(=O)[nH]c(=O)c2[nH]c(C(O)C(O)CNC(=O)OC(C)(C)C)nc21. The smallest absolute Gasteiger partial charge is 0.407 e. The van der Waals surface area contributed by atoms with E-state index < -0.39 is 35.2 Å². The maximum Gasteiger partial charge on any atom is 0.407 e. The van der Waals surface area contributed by atoms with Gasteiger partial charge in [0.1, 0.15) is 29.2 Å². The second-order valence-corrected chi connectivity index (χ2v) is 6.53. The van der Waals surface area contributed by atoms with Crippen LogP contribution in [0.15, 0.2) is 9.59 Å². The molecule has 2 heterocycles. The lowest BCUT2D eigenvalue weighted by molar-refractivity contribution is 0.00911. The van der Waals surface area contributed by atoms with E-state index in [1.807, 2.05) is 0 Å². The van der Waals surface area contributed by atoms with Crippen molar-refractivity contribution < 1.29 is 19.7 Å². The van der Waals surface area contributed by atoms with E-state index >= 15 is 0 Å². The molecule has 2 aromatic heterocycles. The summed E-state index contributed by atoms with van der Waals surface area (Å²) in [6, 6.07) is 0. The molecule has 0 saturated heterocycles. The molecule has 138 valence electrons. The van der Waals surface area contributed by atoms with Crippen LogP contribution in [0.25, 0.3) is 11.2 Å². The van der Waals surface area contributed by atoms with Crippen LogP contribution < -0.4 is 16.6 Å². The van der Waals surface area contributed by atoms with Crippen LogP contribution in [0.4, 0.5) is 4.79 Å². The molecule has 0 bridgehead atoms. The van der Waals surface area contributed by atoms with Crippen LogP contribution in [0, 0.1) is 0 Å². The Labute approximate surface area is 141 Å². The predicted octanol–water partition coefficient (Wildman–Crippen LogP) is -1.13. The van der Waals surface area contributed by atoms with Crippen molar-refractivity contribution in [3.8, 4) is 0 Å². The molecule has 2 rings (SSSR count). The molecule has 0 aromatic carbocycles. The monoisotopic (exact) mass is 355 g/mol. The number of aromatic amines is 2. The summed E-state index contributed by atoms with van der Waals surface area (Å²) in [7, 11) is 1.40. The lowest BCUT2D eigenvalue weighted by atomic mass is 10.2. The van der Waals surface area contributed by atoms with Crippen molar-refractivity contribution in [2.24, 2.45) is 7.05 Å². The molecule has 0 radical (unpaired) electrons. The minimum Gasteiger partial charge on any atom is -0.444 e. The molecule has 25 heavy (non-hydrogen) atoms. The Kier molecular flexibility index (Phi) is 4.99. The van der Waals surface area contributed by atoms with E-state index in [9.17, 15) is 24.6 Å². The lowest BCUT2D eigenvalue weighted by Gasteiger charge is -2.21. The average molecular weight is 355 g/mol. The number of nitrogens with one attached hydrogen (secondary N) is 3. The topological polar surface area (TPSA) is 162 Å². The third-order valence-corrected chi connectivity index (χ3v) is 3.27. The average Bonchev–Trinajstić information content (AvgIpc) is 2.94. The number of aliphatic hydroxyl groups excluding tert-OH is 2. The number of imidazole rings is 1. The molecule has 1 amide bonds. The third-order valence-electron chi connectivity index (χ3n) is 3.27. The van der Waals surface area contributed by atoms with E-state index in [1.54, 1.807) is 20.8 Å². The fraction of sp³-hybridized carbons (Fsp3) is 0.571. The van der Waals surface area contributed by atoms with Gasteiger partial charge in [0.15, 0.2) is 5.65 Å². The molecule has 0 fully saturated rings. The van der Waals surface area contributed by atoms with Gasteiger partial charge in [0.25, 0.3) is 5.56 Å². The Hall–Kier alpha value is -2.66. The molecule has 0 aliphatic rings. The number of H-pyrrole nitrogens is 2. The molecule has 0 saturated carbocycles. The number of aliphatic hydroxyl groups is 2. The first-order valence-electron chi connectivity index (χ1n) is 7.51. The van der Waals surface area contributed by atoms with Crippen molar-refractivity contribution in [2.45, 2.75) is 38.6 Å². The van der Waals surface area contributed by atoms with Crippen LogP contribution in [-0.4, -0.2) is 54.1 Å². The van der Waals surface area contributed by atoms with Crippen molar-refractivity contribution in [2.75, 3.05) is 6.54 Å². The van der Waals surface area contributed by atoms with Crippen LogP contribution in [0.1, 0.15) is 32.7 Å². The molecular formula is C14H21N5O6. The number of nitrogens with zero attached hydrogens (tertiary/aromatic N) is 2. The van der Waals surface area contributed by atoms with Crippen LogP contribution in [0.3, 0.4) is 0 Å². The van der Waals surface area contributed by atoms with E-state index in [1.165, 1.54) is 7.05 Å². The van der Waals surface area contributed by atoms with Crippen LogP contribution in [0.2, 0.25) is 0 Å². The Morgan fingerprint density at radius 3 is 2.56 bits per heavy atom. The Balaban J connectivity index is 2.13. The number of carbonyl (C=O) groups is 1. The fourth-order valence-corrected chi connectivity index (χ4v) is 2.06. The Morgan fingerprint density at radius 2 is 1.96 bits per heavy atom. The van der Waals surface area contributed by atoms with Gasteiger partial charge in [-0.05, 0) is 20.8 Å². The summed E-state index contributed by atoms with van der Waals surface area (Å²) in [6.45, 7) is 4.76. The number of amides is 1. The maximum absolute atomic E-state index is 11.7. The minimum atomic E-state index is -1.52. The fourth-order valence-electron chi connectivity index (χ4n) is 2.06. The number of aromatic nitrogens is 4. The zero-order chi connectivity index (χ0) is 18.9. The van der Waals surface area contributed by atoms with Gasteiger partial charge in [-0.3, -0.25) is 14.3 Å². The van der Waals surface area contributed by atoms with E-state index in [-0.39, 0.29) is 23.5 Å². The molecule has 5 N–H and O–H groups in total. The van der Waals surface area contributed by atoms with Crippen LogP contribution in [-0.2, 0) is 11.8 Å². The summed E-state index contributed by atoms with van der Waals surface area (Å²) >= 11 is 0. The van der Waals surface area contributed by atoms with Crippen molar-refractivity contribution in [1.29, 1.82) is 0 Å². The summed E-state index contributed by atoms with van der Waals surface area (Å²) < 4.78 is 6.11. The highest BCUT2D eigenvalue weighted by Gasteiger charge is 2.25. The molecule has 11 nitrogen and oxygen atoms in total. The van der Waals surface area contributed by atoms with E-state index in [0.29, 0.717) is 0 Å².